The molecule has 9 rings (SSSR count). The second kappa shape index (κ2) is 15.3. The van der Waals surface area contributed by atoms with Crippen LogP contribution in [0.3, 0.4) is 0 Å². The number of aromatic nitrogens is 1. The van der Waals surface area contributed by atoms with E-state index in [4.69, 9.17) is 4.74 Å². The number of piperidine rings is 4. The number of nitriles is 1. The molecule has 3 aromatic carbocycles. The molecule has 4 aromatic rings. The van der Waals surface area contributed by atoms with Gasteiger partial charge in [0.15, 0.2) is 0 Å². The Bertz CT molecular complexity index is 2170. The lowest BCUT2D eigenvalue weighted by Gasteiger charge is -2.38. The summed E-state index contributed by atoms with van der Waals surface area (Å²) in [4.78, 5) is 49.2. The van der Waals surface area contributed by atoms with E-state index in [9.17, 15) is 24.0 Å². The Balaban J connectivity index is 0.705. The van der Waals surface area contributed by atoms with Crippen LogP contribution in [-0.2, 0) is 16.1 Å². The van der Waals surface area contributed by atoms with E-state index < -0.39 is 6.04 Å². The fraction of sp³-hybridized carbons (Fsp3) is 0.455. The quantitative estimate of drug-likeness (QED) is 0.207. The Morgan fingerprint density at radius 2 is 1.59 bits per heavy atom. The van der Waals surface area contributed by atoms with Crippen LogP contribution in [0.4, 0.5) is 15.8 Å². The third kappa shape index (κ3) is 7.09. The summed E-state index contributed by atoms with van der Waals surface area (Å²) in [5, 5.41) is 12.2. The number of likely N-dealkylation sites (tertiary alicyclic amines) is 1. The predicted molar refractivity (Wildman–Crippen MR) is 211 cm³/mol. The van der Waals surface area contributed by atoms with Crippen molar-refractivity contribution in [2.75, 3.05) is 55.6 Å². The first-order chi connectivity index (χ1) is 27.3. The third-order valence-corrected chi connectivity index (χ3v) is 12.9. The first kappa shape index (κ1) is 36.2. The normalized spacial score (nSPS) is 21.8. The minimum atomic E-state index is -0.591. The van der Waals surface area contributed by atoms with Gasteiger partial charge >= 0.3 is 0 Å². The number of nitrogens with one attached hydrogen (secondary N) is 2. The van der Waals surface area contributed by atoms with Crippen molar-refractivity contribution in [2.24, 2.45) is 5.92 Å². The molecule has 1 atom stereocenters. The van der Waals surface area contributed by atoms with Gasteiger partial charge in [0.1, 0.15) is 29.8 Å². The zero-order chi connectivity index (χ0) is 38.3. The number of ether oxygens (including phenoxy) is 1. The number of carbonyl (C=O) groups excluding carboxylic acids is 3. The number of H-pyrrole nitrogens is 1. The van der Waals surface area contributed by atoms with Gasteiger partial charge in [-0.25, -0.2) is 4.39 Å². The number of nitrogens with zero attached hydrogens (tertiary/aromatic N) is 5. The molecule has 56 heavy (non-hydrogen) atoms. The van der Waals surface area contributed by atoms with Crippen LogP contribution in [0.5, 0.6) is 5.75 Å². The summed E-state index contributed by atoms with van der Waals surface area (Å²) in [6, 6.07) is 19.5. The van der Waals surface area contributed by atoms with Gasteiger partial charge in [-0.2, -0.15) is 5.26 Å². The van der Waals surface area contributed by atoms with E-state index >= 15 is 0 Å². The highest BCUT2D eigenvalue weighted by Crippen LogP contribution is 2.37. The summed E-state index contributed by atoms with van der Waals surface area (Å²) in [5.41, 5.74) is 6.07. The van der Waals surface area contributed by atoms with Crippen LogP contribution in [0, 0.1) is 23.1 Å². The number of carbonyl (C=O) groups is 3. The molecule has 3 amide bonds. The molecule has 12 heteroatoms. The van der Waals surface area contributed by atoms with Gasteiger partial charge in [0.05, 0.1) is 22.2 Å². The molecule has 11 nitrogen and oxygen atoms in total. The minimum absolute atomic E-state index is 0.128. The summed E-state index contributed by atoms with van der Waals surface area (Å²) >= 11 is 0. The van der Waals surface area contributed by atoms with Crippen LogP contribution >= 0.6 is 0 Å². The van der Waals surface area contributed by atoms with Gasteiger partial charge in [0.25, 0.3) is 5.91 Å². The molecule has 0 spiro atoms. The standard InChI is InChI=1S/C44H48FN7O4/c45-37-7-8-38(42-41(37)32(24-46)25-47-42)51-21-13-30(14-22-51)29-1-4-34(5-2-29)56-35-15-17-49(18-16-35)26-28-11-19-50(20-12-28)33-3-6-36-31(23-33)27-52(44(36)55)39-9-10-40(53)48-43(39)54/h1-8,23,25,28,30,35,39,47H,9-22,26-27H2,(H,48,53,54). The second-order valence-electron chi connectivity index (χ2n) is 16.3. The zero-order valence-electron chi connectivity index (χ0n) is 31.6. The summed E-state index contributed by atoms with van der Waals surface area (Å²) in [7, 11) is 0. The molecule has 0 saturated carbocycles. The molecule has 4 fully saturated rings. The molecule has 4 saturated heterocycles. The molecule has 5 aliphatic heterocycles. The predicted octanol–water partition coefficient (Wildman–Crippen LogP) is 6.08. The summed E-state index contributed by atoms with van der Waals surface area (Å²) in [5.74, 6) is 0.910. The Kier molecular flexibility index (Phi) is 9.88. The topological polar surface area (TPSA) is 125 Å². The van der Waals surface area contributed by atoms with Crippen molar-refractivity contribution in [3.8, 4) is 11.8 Å². The van der Waals surface area contributed by atoms with Crippen LogP contribution in [0.2, 0.25) is 0 Å². The van der Waals surface area contributed by atoms with Gasteiger partial charge in [0.2, 0.25) is 11.8 Å². The molecule has 290 valence electrons. The average Bonchev–Trinajstić information content (AvgIpc) is 3.81. The number of benzene rings is 3. The van der Waals surface area contributed by atoms with Crippen LogP contribution in [0.25, 0.3) is 10.9 Å². The monoisotopic (exact) mass is 757 g/mol. The SMILES string of the molecule is N#Cc1c[nH]c2c(N3CCC(c4ccc(OC5CCN(CC6CCN(c7ccc8c(c7)CN(C7CCC(=O)NC7=O)C8=O)CC6)CC5)cc4)CC3)ccc(F)c12. The Labute approximate surface area is 326 Å². The average molecular weight is 758 g/mol. The van der Waals surface area contributed by atoms with Crippen LogP contribution < -0.4 is 19.9 Å². The number of hydrogen-bond donors (Lipinski definition) is 2. The molecule has 6 heterocycles. The molecule has 5 aliphatic rings. The van der Waals surface area contributed by atoms with E-state index in [1.165, 1.54) is 11.6 Å². The lowest BCUT2D eigenvalue weighted by Crippen LogP contribution is -2.52. The molecular formula is C44H48FN7O4. The minimum Gasteiger partial charge on any atom is -0.490 e. The van der Waals surface area contributed by atoms with Crippen molar-refractivity contribution in [3.05, 3.63) is 88.9 Å². The fourth-order valence-electron chi connectivity index (χ4n) is 9.71. The maximum absolute atomic E-state index is 14.5. The van der Waals surface area contributed by atoms with Gasteiger partial charge in [-0.05, 0) is 110 Å². The number of aromatic amines is 1. The van der Waals surface area contributed by atoms with Crippen molar-refractivity contribution in [3.63, 3.8) is 0 Å². The number of rotatable bonds is 8. The van der Waals surface area contributed by atoms with Crippen molar-refractivity contribution in [1.82, 2.24) is 20.1 Å². The largest absolute Gasteiger partial charge is 0.490 e. The van der Waals surface area contributed by atoms with E-state index in [1.54, 1.807) is 11.1 Å². The molecule has 0 bridgehead atoms. The first-order valence-electron chi connectivity index (χ1n) is 20.3. The molecule has 0 aliphatic carbocycles. The van der Waals surface area contributed by atoms with E-state index in [-0.39, 0.29) is 36.1 Å². The van der Waals surface area contributed by atoms with Gasteiger partial charge in [-0.15, -0.1) is 0 Å². The molecular weight excluding hydrogens is 710 g/mol. The molecule has 2 N–H and O–H groups in total. The third-order valence-electron chi connectivity index (χ3n) is 12.9. The lowest BCUT2D eigenvalue weighted by molar-refractivity contribution is -0.136. The van der Waals surface area contributed by atoms with E-state index in [0.29, 0.717) is 46.8 Å². The number of anilines is 2. The van der Waals surface area contributed by atoms with Crippen LogP contribution in [0.15, 0.2) is 60.8 Å². The van der Waals surface area contributed by atoms with Gasteiger partial charge in [-0.1, -0.05) is 12.1 Å². The Morgan fingerprint density at radius 3 is 2.32 bits per heavy atom. The lowest BCUT2D eigenvalue weighted by atomic mass is 9.89. The number of amides is 3. The van der Waals surface area contributed by atoms with E-state index in [0.717, 1.165) is 107 Å². The van der Waals surface area contributed by atoms with Gasteiger partial charge < -0.3 is 29.3 Å². The second-order valence-corrected chi connectivity index (χ2v) is 16.3. The molecule has 0 radical (unpaired) electrons. The van der Waals surface area contributed by atoms with E-state index in [1.807, 2.05) is 18.2 Å². The Morgan fingerprint density at radius 1 is 0.839 bits per heavy atom. The summed E-state index contributed by atoms with van der Waals surface area (Å²) in [6.45, 7) is 7.32. The van der Waals surface area contributed by atoms with Crippen LogP contribution in [-0.4, -0.2) is 90.5 Å². The van der Waals surface area contributed by atoms with Crippen molar-refractivity contribution in [2.45, 2.75) is 76.0 Å². The number of halogens is 1. The highest BCUT2D eigenvalue weighted by molar-refractivity contribution is 6.05. The van der Waals surface area contributed by atoms with Crippen molar-refractivity contribution in [1.29, 1.82) is 5.26 Å². The fourth-order valence-corrected chi connectivity index (χ4v) is 9.71. The molecule has 1 aromatic heterocycles. The maximum atomic E-state index is 14.5. The van der Waals surface area contributed by atoms with Gasteiger partial charge in [-0.3, -0.25) is 19.7 Å². The summed E-state index contributed by atoms with van der Waals surface area (Å²) in [6.07, 6.45) is 8.77. The first-order valence-corrected chi connectivity index (χ1v) is 20.3. The zero-order valence-corrected chi connectivity index (χ0v) is 31.6. The smallest absolute Gasteiger partial charge is 0.255 e. The maximum Gasteiger partial charge on any atom is 0.255 e. The number of hydrogen-bond acceptors (Lipinski definition) is 8. The summed E-state index contributed by atoms with van der Waals surface area (Å²) < 4.78 is 21.0. The van der Waals surface area contributed by atoms with Crippen molar-refractivity contribution < 1.29 is 23.5 Å². The highest BCUT2D eigenvalue weighted by Gasteiger charge is 2.39. The molecule has 1 unspecified atom stereocenters. The van der Waals surface area contributed by atoms with Gasteiger partial charge in [0, 0.05) is 76.2 Å². The van der Waals surface area contributed by atoms with E-state index in [2.05, 4.69) is 61.4 Å². The number of imide groups is 1. The van der Waals surface area contributed by atoms with Crippen LogP contribution in [0.1, 0.15) is 84.3 Å². The van der Waals surface area contributed by atoms with Crippen molar-refractivity contribution >= 4 is 40.0 Å². The highest BCUT2D eigenvalue weighted by atomic mass is 19.1. The number of fused-ring (bicyclic) bond motifs is 2. The Hall–Kier alpha value is -5.41.